The zero-order chi connectivity index (χ0) is 9.97. The maximum Gasteiger partial charge on any atom is -0.0175 e. The summed E-state index contributed by atoms with van der Waals surface area (Å²) in [5.74, 6) is 0. The van der Waals surface area contributed by atoms with Crippen LogP contribution in [0.2, 0.25) is 0 Å². The van der Waals surface area contributed by atoms with Crippen LogP contribution >= 0.6 is 0 Å². The summed E-state index contributed by atoms with van der Waals surface area (Å²) in [6.07, 6.45) is 2.39. The number of fused-ring (bicyclic) bond motifs is 1. The predicted molar refractivity (Wildman–Crippen MR) is 57.7 cm³/mol. The van der Waals surface area contributed by atoms with Gasteiger partial charge in [0, 0.05) is 0 Å². The van der Waals surface area contributed by atoms with Crippen LogP contribution in [0.5, 0.6) is 0 Å². The average molecular weight is 183 g/mol. The molecule has 0 bridgehead atoms. The summed E-state index contributed by atoms with van der Waals surface area (Å²) in [6, 6.07) is 12.3. The molecule has 1 nitrogen and oxygen atoms in total. The fourth-order valence-electron chi connectivity index (χ4n) is 1.57. The lowest BCUT2D eigenvalue weighted by atomic mass is 10.0. The molecule has 2 rings (SSSR count). The van der Waals surface area contributed by atoms with E-state index >= 15 is 0 Å². The summed E-state index contributed by atoms with van der Waals surface area (Å²) in [5, 5.41) is 12.7. The van der Waals surface area contributed by atoms with Gasteiger partial charge in [-0.05, 0) is 29.3 Å². The second kappa shape index (κ2) is 3.54. The number of rotatable bonds is 1. The highest BCUT2D eigenvalue weighted by Crippen LogP contribution is 2.18. The Hall–Kier alpha value is -1.76. The quantitative estimate of drug-likeness (QED) is 0.623. The molecule has 0 aliphatic carbocycles. The molecule has 0 spiro atoms. The van der Waals surface area contributed by atoms with Gasteiger partial charge in [0.2, 0.25) is 0 Å². The van der Waals surface area contributed by atoms with Gasteiger partial charge in [0.15, 0.2) is 0 Å². The first-order chi connectivity index (χ1) is 6.79. The van der Waals surface area contributed by atoms with Gasteiger partial charge < -0.3 is 5.11 Å². The van der Waals surface area contributed by atoms with Gasteiger partial charge in [-0.25, -0.2) is 0 Å². The second-order valence-corrected chi connectivity index (χ2v) is 3.41. The first-order valence-corrected chi connectivity index (χ1v) is 4.58. The molecule has 0 heterocycles. The van der Waals surface area contributed by atoms with E-state index < -0.39 is 0 Å². The largest absolute Gasteiger partial charge is 0.878 e. The molecule has 0 N–H and O–H groups in total. The van der Waals surface area contributed by atoms with Gasteiger partial charge in [-0.3, -0.25) is 0 Å². The Morgan fingerprint density at radius 3 is 2.57 bits per heavy atom. The molecular formula is C13H11O-. The van der Waals surface area contributed by atoms with E-state index in [2.05, 4.69) is 25.1 Å². The van der Waals surface area contributed by atoms with Crippen LogP contribution in [0, 0.1) is 6.92 Å². The van der Waals surface area contributed by atoms with Crippen molar-refractivity contribution in [3.63, 3.8) is 0 Å². The van der Waals surface area contributed by atoms with E-state index in [1.165, 1.54) is 16.3 Å². The Labute approximate surface area is 83.3 Å². The molecule has 1 heteroatoms. The van der Waals surface area contributed by atoms with Crippen molar-refractivity contribution in [3.8, 4) is 0 Å². The zero-order valence-corrected chi connectivity index (χ0v) is 8.03. The van der Waals surface area contributed by atoms with E-state index in [4.69, 9.17) is 0 Å². The van der Waals surface area contributed by atoms with Gasteiger partial charge in [0.05, 0.1) is 0 Å². The van der Waals surface area contributed by atoms with E-state index in [9.17, 15) is 5.11 Å². The fraction of sp³-hybridized carbons (Fsp3) is 0.0769. The van der Waals surface area contributed by atoms with E-state index in [-0.39, 0.29) is 0 Å². The Kier molecular flexibility index (Phi) is 2.23. The van der Waals surface area contributed by atoms with Crippen LogP contribution in [0.3, 0.4) is 0 Å². The highest BCUT2D eigenvalue weighted by atomic mass is 16.2. The van der Waals surface area contributed by atoms with E-state index in [0.717, 1.165) is 11.8 Å². The van der Waals surface area contributed by atoms with Crippen molar-refractivity contribution >= 4 is 16.8 Å². The fourth-order valence-corrected chi connectivity index (χ4v) is 1.57. The third-order valence-electron chi connectivity index (χ3n) is 2.28. The van der Waals surface area contributed by atoms with Crippen LogP contribution in [0.15, 0.2) is 42.7 Å². The Balaban J connectivity index is 2.63. The summed E-state index contributed by atoms with van der Waals surface area (Å²) >= 11 is 0. The lowest BCUT2D eigenvalue weighted by molar-refractivity contribution is -0.272. The van der Waals surface area contributed by atoms with Crippen molar-refractivity contribution in [1.29, 1.82) is 0 Å². The summed E-state index contributed by atoms with van der Waals surface area (Å²) in [4.78, 5) is 0. The molecule has 2 aromatic carbocycles. The molecule has 0 saturated carbocycles. The number of hydrogen-bond donors (Lipinski definition) is 0. The smallest absolute Gasteiger partial charge is 0.0175 e. The molecule has 0 amide bonds. The summed E-state index contributed by atoms with van der Waals surface area (Å²) < 4.78 is 0. The predicted octanol–water partition coefficient (Wildman–Crippen LogP) is 2.48. The monoisotopic (exact) mass is 183 g/mol. The molecular weight excluding hydrogens is 172 g/mol. The molecule has 0 aliphatic rings. The van der Waals surface area contributed by atoms with Gasteiger partial charge in [-0.2, -0.15) is 0 Å². The molecule has 0 atom stereocenters. The minimum Gasteiger partial charge on any atom is -0.878 e. The molecule has 2 aromatic rings. The Morgan fingerprint density at radius 1 is 1.00 bits per heavy atom. The summed E-state index contributed by atoms with van der Waals surface area (Å²) in [7, 11) is 0. The molecule has 0 fully saturated rings. The summed E-state index contributed by atoms with van der Waals surface area (Å²) in [5.41, 5.74) is 2.19. The highest BCUT2D eigenvalue weighted by Gasteiger charge is 1.93. The standard InChI is InChI=1S/C13H12O/c1-10-2-4-12-5-3-11(6-7-14)9-13(12)8-10/h2-9,14H,1H3/p-1/b7-6-. The molecule has 14 heavy (non-hydrogen) atoms. The molecule has 70 valence electrons. The Morgan fingerprint density at radius 2 is 1.79 bits per heavy atom. The summed E-state index contributed by atoms with van der Waals surface area (Å²) in [6.45, 7) is 2.07. The third-order valence-corrected chi connectivity index (χ3v) is 2.28. The topological polar surface area (TPSA) is 23.1 Å². The lowest BCUT2D eigenvalue weighted by Crippen LogP contribution is -1.84. The van der Waals surface area contributed by atoms with Crippen molar-refractivity contribution < 1.29 is 5.11 Å². The van der Waals surface area contributed by atoms with E-state index in [1.54, 1.807) is 6.08 Å². The molecule has 0 saturated heterocycles. The van der Waals surface area contributed by atoms with Crippen LogP contribution in [-0.4, -0.2) is 0 Å². The van der Waals surface area contributed by atoms with Crippen molar-refractivity contribution in [3.05, 3.63) is 53.8 Å². The molecule has 0 aliphatic heterocycles. The number of aryl methyl sites for hydroxylation is 1. The van der Waals surface area contributed by atoms with Gasteiger partial charge >= 0.3 is 0 Å². The lowest BCUT2D eigenvalue weighted by Gasteiger charge is -2.01. The van der Waals surface area contributed by atoms with Gasteiger partial charge in [0.1, 0.15) is 0 Å². The van der Waals surface area contributed by atoms with Crippen molar-refractivity contribution in [1.82, 2.24) is 0 Å². The Bertz CT molecular complexity index is 484. The minimum atomic E-state index is 0.816. The number of benzene rings is 2. The van der Waals surface area contributed by atoms with Crippen LogP contribution in [0.25, 0.3) is 16.8 Å². The van der Waals surface area contributed by atoms with Crippen molar-refractivity contribution in [2.24, 2.45) is 0 Å². The first-order valence-electron chi connectivity index (χ1n) is 4.58. The molecule has 0 radical (unpaired) electrons. The van der Waals surface area contributed by atoms with Gasteiger partial charge in [0.25, 0.3) is 0 Å². The second-order valence-electron chi connectivity index (χ2n) is 3.41. The SMILES string of the molecule is Cc1ccc2ccc(/C=C\[O-])cc2c1. The van der Waals surface area contributed by atoms with Crippen molar-refractivity contribution in [2.45, 2.75) is 6.92 Å². The van der Waals surface area contributed by atoms with Crippen LogP contribution < -0.4 is 5.11 Å². The van der Waals surface area contributed by atoms with Crippen molar-refractivity contribution in [2.75, 3.05) is 0 Å². The van der Waals surface area contributed by atoms with Crippen LogP contribution in [0.4, 0.5) is 0 Å². The normalized spacial score (nSPS) is 11.2. The van der Waals surface area contributed by atoms with E-state index in [1.807, 2.05) is 18.2 Å². The molecule has 0 aromatic heterocycles. The number of hydrogen-bond acceptors (Lipinski definition) is 1. The van der Waals surface area contributed by atoms with E-state index in [0.29, 0.717) is 0 Å². The third kappa shape index (κ3) is 1.62. The highest BCUT2D eigenvalue weighted by molar-refractivity contribution is 5.85. The average Bonchev–Trinajstić information content (AvgIpc) is 2.17. The minimum absolute atomic E-state index is 0.816. The molecule has 0 unspecified atom stereocenters. The zero-order valence-electron chi connectivity index (χ0n) is 8.03. The maximum atomic E-state index is 10.3. The van der Waals surface area contributed by atoms with Gasteiger partial charge in [-0.15, -0.1) is 6.26 Å². The van der Waals surface area contributed by atoms with Crippen LogP contribution in [0.1, 0.15) is 11.1 Å². The van der Waals surface area contributed by atoms with Gasteiger partial charge in [-0.1, -0.05) is 42.0 Å². The maximum absolute atomic E-state index is 10.3. The first kappa shape index (κ1) is 8.82. The van der Waals surface area contributed by atoms with Crippen LogP contribution in [-0.2, 0) is 0 Å².